The Morgan fingerprint density at radius 3 is 3.00 bits per heavy atom. The Hall–Kier alpha value is -1.24. The zero-order chi connectivity index (χ0) is 14.9. The zero-order valence-electron chi connectivity index (χ0n) is 12.3. The van der Waals surface area contributed by atoms with Crippen molar-refractivity contribution in [2.45, 2.75) is 33.0 Å². The van der Waals surface area contributed by atoms with E-state index < -0.39 is 0 Å². The highest BCUT2D eigenvalue weighted by atomic mass is 79.9. The van der Waals surface area contributed by atoms with Crippen LogP contribution in [0.3, 0.4) is 0 Å². The summed E-state index contributed by atoms with van der Waals surface area (Å²) in [5.74, 6) is 0. The summed E-state index contributed by atoms with van der Waals surface area (Å²) in [6, 6.07) is 8.08. The highest BCUT2D eigenvalue weighted by Gasteiger charge is 2.01. The molecule has 2 rings (SSSR count). The van der Waals surface area contributed by atoms with Crippen LogP contribution >= 0.6 is 15.9 Å². The van der Waals surface area contributed by atoms with Crippen molar-refractivity contribution in [2.24, 2.45) is 0 Å². The van der Waals surface area contributed by atoms with Gasteiger partial charge in [-0.1, -0.05) is 46.3 Å². The lowest BCUT2D eigenvalue weighted by Crippen LogP contribution is -2.14. The first kappa shape index (κ1) is 16.1. The van der Waals surface area contributed by atoms with Crippen molar-refractivity contribution in [1.29, 1.82) is 0 Å². The molecule has 114 valence electrons. The Morgan fingerprint density at radius 1 is 1.33 bits per heavy atom. The standard InChI is InChI=1S/C15H21BrN4O/c1-2-7-17-10-14-11-20(19-18-14)8-9-21-12-13-5-3-4-6-15(13)16/h3-6,11,17H,2,7-10,12H2,1H3. The largest absolute Gasteiger partial charge is 0.375 e. The van der Waals surface area contributed by atoms with Gasteiger partial charge >= 0.3 is 0 Å². The molecule has 2 aromatic rings. The average Bonchev–Trinajstić information content (AvgIpc) is 2.93. The second-order valence-electron chi connectivity index (χ2n) is 4.79. The lowest BCUT2D eigenvalue weighted by Gasteiger charge is -2.06. The summed E-state index contributed by atoms with van der Waals surface area (Å²) >= 11 is 3.51. The SMILES string of the molecule is CCCNCc1cn(CCOCc2ccccc2Br)nn1. The molecule has 1 heterocycles. The first-order chi connectivity index (χ1) is 10.3. The summed E-state index contributed by atoms with van der Waals surface area (Å²) in [5.41, 5.74) is 2.12. The van der Waals surface area contributed by atoms with Gasteiger partial charge in [-0.15, -0.1) is 5.10 Å². The Morgan fingerprint density at radius 2 is 2.19 bits per heavy atom. The van der Waals surface area contributed by atoms with Gasteiger partial charge in [-0.25, -0.2) is 4.68 Å². The molecule has 0 radical (unpaired) electrons. The molecule has 0 saturated heterocycles. The topological polar surface area (TPSA) is 52.0 Å². The zero-order valence-corrected chi connectivity index (χ0v) is 13.8. The molecule has 0 aliphatic carbocycles. The third-order valence-corrected chi connectivity index (χ3v) is 3.77. The number of rotatable bonds is 9. The maximum Gasteiger partial charge on any atom is 0.0964 e. The molecule has 0 saturated carbocycles. The van der Waals surface area contributed by atoms with Gasteiger partial charge in [0.15, 0.2) is 0 Å². The molecule has 1 aromatic heterocycles. The van der Waals surface area contributed by atoms with Crippen molar-refractivity contribution in [1.82, 2.24) is 20.3 Å². The molecule has 6 heteroatoms. The van der Waals surface area contributed by atoms with Gasteiger partial charge in [-0.3, -0.25) is 0 Å². The number of halogens is 1. The molecule has 1 N–H and O–H groups in total. The third-order valence-electron chi connectivity index (χ3n) is 3.00. The number of ether oxygens (including phenoxy) is 1. The van der Waals surface area contributed by atoms with Gasteiger partial charge in [0.05, 0.1) is 25.5 Å². The van der Waals surface area contributed by atoms with Crippen molar-refractivity contribution < 1.29 is 4.74 Å². The lowest BCUT2D eigenvalue weighted by atomic mass is 10.2. The molecule has 0 aliphatic rings. The van der Waals surface area contributed by atoms with E-state index >= 15 is 0 Å². The number of nitrogens with zero attached hydrogens (tertiary/aromatic N) is 3. The highest BCUT2D eigenvalue weighted by molar-refractivity contribution is 9.10. The minimum Gasteiger partial charge on any atom is -0.375 e. The van der Waals surface area contributed by atoms with Gasteiger partial charge < -0.3 is 10.1 Å². The first-order valence-corrected chi connectivity index (χ1v) is 7.99. The predicted molar refractivity (Wildman–Crippen MR) is 85.8 cm³/mol. The molecule has 0 fully saturated rings. The minimum absolute atomic E-state index is 0.598. The van der Waals surface area contributed by atoms with Gasteiger partial charge in [0.25, 0.3) is 0 Å². The summed E-state index contributed by atoms with van der Waals surface area (Å²) in [5, 5.41) is 11.5. The van der Waals surface area contributed by atoms with Crippen LogP contribution in [0.4, 0.5) is 0 Å². The quantitative estimate of drug-likeness (QED) is 0.705. The summed E-state index contributed by atoms with van der Waals surface area (Å²) in [6.07, 6.45) is 3.08. The molecule has 1 aromatic carbocycles. The van der Waals surface area contributed by atoms with E-state index in [1.165, 1.54) is 0 Å². The van der Waals surface area contributed by atoms with E-state index in [1.54, 1.807) is 0 Å². The molecule has 0 amide bonds. The molecule has 21 heavy (non-hydrogen) atoms. The maximum atomic E-state index is 5.68. The lowest BCUT2D eigenvalue weighted by molar-refractivity contribution is 0.110. The molecule has 0 unspecified atom stereocenters. The van der Waals surface area contributed by atoms with E-state index in [0.29, 0.717) is 19.8 Å². The molecule has 0 spiro atoms. The third kappa shape index (κ3) is 5.57. The predicted octanol–water partition coefficient (Wildman–Crippen LogP) is 2.76. The van der Waals surface area contributed by atoms with Crippen LogP contribution in [-0.4, -0.2) is 28.1 Å². The van der Waals surface area contributed by atoms with E-state index in [0.717, 1.165) is 35.2 Å². The van der Waals surface area contributed by atoms with Crippen molar-refractivity contribution in [3.8, 4) is 0 Å². The molecule has 0 aliphatic heterocycles. The van der Waals surface area contributed by atoms with E-state index in [-0.39, 0.29) is 0 Å². The summed E-state index contributed by atoms with van der Waals surface area (Å²) in [6.45, 7) is 5.85. The fourth-order valence-corrected chi connectivity index (χ4v) is 2.28. The van der Waals surface area contributed by atoms with Crippen LogP contribution in [0.25, 0.3) is 0 Å². The summed E-state index contributed by atoms with van der Waals surface area (Å²) < 4.78 is 8.58. The van der Waals surface area contributed by atoms with Crippen molar-refractivity contribution in [3.05, 3.63) is 46.2 Å². The average molecular weight is 353 g/mol. The Bertz CT molecular complexity index is 544. The number of benzene rings is 1. The summed E-state index contributed by atoms with van der Waals surface area (Å²) in [7, 11) is 0. The molecule has 5 nitrogen and oxygen atoms in total. The van der Waals surface area contributed by atoms with Crippen molar-refractivity contribution in [3.63, 3.8) is 0 Å². The monoisotopic (exact) mass is 352 g/mol. The Balaban J connectivity index is 1.68. The van der Waals surface area contributed by atoms with Crippen LogP contribution in [-0.2, 0) is 24.4 Å². The van der Waals surface area contributed by atoms with Crippen LogP contribution in [0.5, 0.6) is 0 Å². The number of nitrogens with one attached hydrogen (secondary N) is 1. The fraction of sp³-hybridized carbons (Fsp3) is 0.467. The second kappa shape index (κ2) is 8.92. The Kier molecular flexibility index (Phi) is 6.85. The van der Waals surface area contributed by atoms with Crippen LogP contribution in [0.15, 0.2) is 34.9 Å². The number of hydrogen-bond acceptors (Lipinski definition) is 4. The Labute approximate surface area is 133 Å². The maximum absolute atomic E-state index is 5.68. The van der Waals surface area contributed by atoms with Crippen LogP contribution in [0, 0.1) is 0 Å². The van der Waals surface area contributed by atoms with Gasteiger partial charge in [0.1, 0.15) is 0 Å². The van der Waals surface area contributed by atoms with E-state index in [4.69, 9.17) is 4.74 Å². The smallest absolute Gasteiger partial charge is 0.0964 e. The van der Waals surface area contributed by atoms with Gasteiger partial charge in [-0.2, -0.15) is 0 Å². The van der Waals surface area contributed by atoms with Gasteiger partial charge in [0, 0.05) is 17.2 Å². The van der Waals surface area contributed by atoms with Crippen LogP contribution < -0.4 is 5.32 Å². The van der Waals surface area contributed by atoms with Gasteiger partial charge in [0.2, 0.25) is 0 Å². The number of aromatic nitrogens is 3. The van der Waals surface area contributed by atoms with E-state index in [1.807, 2.05) is 29.1 Å². The van der Waals surface area contributed by atoms with E-state index in [9.17, 15) is 0 Å². The second-order valence-corrected chi connectivity index (χ2v) is 5.65. The molecule has 0 atom stereocenters. The van der Waals surface area contributed by atoms with E-state index in [2.05, 4.69) is 44.5 Å². The first-order valence-electron chi connectivity index (χ1n) is 7.20. The van der Waals surface area contributed by atoms with Crippen LogP contribution in [0.1, 0.15) is 24.6 Å². The molecule has 0 bridgehead atoms. The molecular weight excluding hydrogens is 332 g/mol. The fourth-order valence-electron chi connectivity index (χ4n) is 1.88. The summed E-state index contributed by atoms with van der Waals surface area (Å²) in [4.78, 5) is 0. The minimum atomic E-state index is 0.598. The van der Waals surface area contributed by atoms with Crippen molar-refractivity contribution >= 4 is 15.9 Å². The molecular formula is C15H21BrN4O. The highest BCUT2D eigenvalue weighted by Crippen LogP contribution is 2.16. The normalized spacial score (nSPS) is 11.0. The van der Waals surface area contributed by atoms with Crippen molar-refractivity contribution in [2.75, 3.05) is 13.2 Å². The van der Waals surface area contributed by atoms with Crippen LogP contribution in [0.2, 0.25) is 0 Å². The van der Waals surface area contributed by atoms with Gasteiger partial charge in [-0.05, 0) is 24.6 Å². The number of hydrogen-bond donors (Lipinski definition) is 1.